The highest BCUT2D eigenvalue weighted by Gasteiger charge is 2.19. The maximum absolute atomic E-state index is 5.52. The third kappa shape index (κ3) is 5.71. The molecule has 0 amide bonds. The van der Waals surface area contributed by atoms with E-state index in [0.717, 1.165) is 6.42 Å². The summed E-state index contributed by atoms with van der Waals surface area (Å²) in [5.74, 6) is 0. The van der Waals surface area contributed by atoms with Crippen molar-refractivity contribution in [3.8, 4) is 0 Å². The minimum absolute atomic E-state index is 0.129. The average Bonchev–Trinajstić information content (AvgIpc) is 2.13. The normalized spacial score (nSPS) is 11.6. The SMILES string of the molecule is ClC(Cl)(Cl)COCCc1ccccc1. The summed E-state index contributed by atoms with van der Waals surface area (Å²) in [7, 11) is 0. The molecule has 0 saturated heterocycles. The molecule has 0 heterocycles. The predicted octanol–water partition coefficient (Wildman–Crippen LogP) is 3.62. The van der Waals surface area contributed by atoms with Crippen molar-refractivity contribution in [1.29, 1.82) is 0 Å². The Hall–Kier alpha value is 0.0500. The molecule has 0 aliphatic rings. The molecule has 0 radical (unpaired) electrons. The molecule has 0 unspecified atom stereocenters. The van der Waals surface area contributed by atoms with Crippen LogP contribution in [0.2, 0.25) is 0 Å². The number of ether oxygens (including phenoxy) is 1. The lowest BCUT2D eigenvalue weighted by molar-refractivity contribution is 0.142. The molecule has 78 valence electrons. The van der Waals surface area contributed by atoms with Crippen LogP contribution in [-0.4, -0.2) is 17.0 Å². The number of rotatable bonds is 4. The summed E-state index contributed by atoms with van der Waals surface area (Å²) in [5, 5.41) is 0. The van der Waals surface area contributed by atoms with E-state index >= 15 is 0 Å². The van der Waals surface area contributed by atoms with E-state index < -0.39 is 3.79 Å². The fourth-order valence-corrected chi connectivity index (χ4v) is 1.25. The minimum Gasteiger partial charge on any atom is -0.377 e. The van der Waals surface area contributed by atoms with Gasteiger partial charge in [-0.3, -0.25) is 0 Å². The Morgan fingerprint density at radius 2 is 1.71 bits per heavy atom. The van der Waals surface area contributed by atoms with Gasteiger partial charge in [-0.1, -0.05) is 65.1 Å². The largest absolute Gasteiger partial charge is 0.377 e. The number of alkyl halides is 3. The highest BCUT2D eigenvalue weighted by Crippen LogP contribution is 2.25. The standard InChI is InChI=1S/C10H11Cl3O/c11-10(12,13)8-14-7-6-9-4-2-1-3-5-9/h1-5H,6-8H2. The van der Waals surface area contributed by atoms with Crippen LogP contribution in [0.15, 0.2) is 30.3 Å². The van der Waals surface area contributed by atoms with Gasteiger partial charge in [0.15, 0.2) is 0 Å². The molecule has 0 saturated carbocycles. The van der Waals surface area contributed by atoms with E-state index in [0.29, 0.717) is 6.61 Å². The van der Waals surface area contributed by atoms with Gasteiger partial charge in [0.2, 0.25) is 3.79 Å². The van der Waals surface area contributed by atoms with Crippen LogP contribution in [0.3, 0.4) is 0 Å². The summed E-state index contributed by atoms with van der Waals surface area (Å²) in [6.07, 6.45) is 0.835. The average molecular weight is 254 g/mol. The van der Waals surface area contributed by atoms with Crippen molar-refractivity contribution in [3.63, 3.8) is 0 Å². The third-order valence-corrected chi connectivity index (χ3v) is 1.97. The van der Waals surface area contributed by atoms with E-state index in [1.165, 1.54) is 5.56 Å². The zero-order valence-electron chi connectivity index (χ0n) is 7.55. The van der Waals surface area contributed by atoms with Gasteiger partial charge in [0.1, 0.15) is 0 Å². The van der Waals surface area contributed by atoms with Crippen LogP contribution in [0.25, 0.3) is 0 Å². The highest BCUT2D eigenvalue weighted by atomic mass is 35.6. The molecular weight excluding hydrogens is 242 g/mol. The Labute approximate surface area is 98.9 Å². The highest BCUT2D eigenvalue weighted by molar-refractivity contribution is 6.67. The summed E-state index contributed by atoms with van der Waals surface area (Å²) in [6.45, 7) is 0.697. The molecule has 0 spiro atoms. The lowest BCUT2D eigenvalue weighted by Gasteiger charge is -2.10. The van der Waals surface area contributed by atoms with Crippen LogP contribution in [0.5, 0.6) is 0 Å². The van der Waals surface area contributed by atoms with Gasteiger partial charge >= 0.3 is 0 Å². The van der Waals surface area contributed by atoms with Gasteiger partial charge in [-0.05, 0) is 12.0 Å². The van der Waals surface area contributed by atoms with Crippen molar-refractivity contribution < 1.29 is 4.74 Å². The van der Waals surface area contributed by atoms with Crippen molar-refractivity contribution in [2.24, 2.45) is 0 Å². The van der Waals surface area contributed by atoms with Crippen LogP contribution in [-0.2, 0) is 11.2 Å². The molecule has 1 aromatic carbocycles. The second-order valence-electron chi connectivity index (χ2n) is 2.90. The molecule has 1 rings (SSSR count). The van der Waals surface area contributed by atoms with Gasteiger partial charge in [-0.15, -0.1) is 0 Å². The number of hydrogen-bond acceptors (Lipinski definition) is 1. The first-order chi connectivity index (χ1) is 6.58. The molecule has 4 heteroatoms. The van der Waals surface area contributed by atoms with Crippen LogP contribution >= 0.6 is 34.8 Å². The Kier molecular flexibility index (Phi) is 5.04. The molecule has 14 heavy (non-hydrogen) atoms. The van der Waals surface area contributed by atoms with Crippen molar-refractivity contribution in [2.45, 2.75) is 10.2 Å². The van der Waals surface area contributed by atoms with Crippen LogP contribution in [0.4, 0.5) is 0 Å². The Morgan fingerprint density at radius 3 is 2.29 bits per heavy atom. The van der Waals surface area contributed by atoms with Gasteiger partial charge in [0.05, 0.1) is 13.2 Å². The number of halogens is 3. The van der Waals surface area contributed by atoms with Crippen LogP contribution < -0.4 is 0 Å². The zero-order valence-corrected chi connectivity index (χ0v) is 9.82. The van der Waals surface area contributed by atoms with Crippen molar-refractivity contribution >= 4 is 34.8 Å². The van der Waals surface area contributed by atoms with Gasteiger partial charge in [-0.2, -0.15) is 0 Å². The molecule has 0 atom stereocenters. The molecule has 0 aliphatic carbocycles. The monoisotopic (exact) mass is 252 g/mol. The summed E-state index contributed by atoms with van der Waals surface area (Å²) < 4.78 is 3.90. The van der Waals surface area contributed by atoms with E-state index in [1.807, 2.05) is 30.3 Å². The zero-order chi connectivity index (χ0) is 10.4. The molecule has 0 bridgehead atoms. The summed E-state index contributed by atoms with van der Waals surface area (Å²) >= 11 is 16.6. The summed E-state index contributed by atoms with van der Waals surface area (Å²) in [6, 6.07) is 10.0. The first-order valence-electron chi connectivity index (χ1n) is 4.26. The maximum atomic E-state index is 5.52. The Morgan fingerprint density at radius 1 is 1.07 bits per heavy atom. The van der Waals surface area contributed by atoms with E-state index in [-0.39, 0.29) is 6.61 Å². The fraction of sp³-hybridized carbons (Fsp3) is 0.400. The lowest BCUT2D eigenvalue weighted by Crippen LogP contribution is -2.14. The smallest absolute Gasteiger partial charge is 0.213 e. The molecule has 0 fully saturated rings. The second kappa shape index (κ2) is 5.82. The van der Waals surface area contributed by atoms with Gasteiger partial charge in [0.25, 0.3) is 0 Å². The van der Waals surface area contributed by atoms with E-state index in [2.05, 4.69) is 0 Å². The Balaban J connectivity index is 2.17. The van der Waals surface area contributed by atoms with Gasteiger partial charge in [0, 0.05) is 0 Å². The van der Waals surface area contributed by atoms with Crippen LogP contribution in [0, 0.1) is 0 Å². The number of benzene rings is 1. The van der Waals surface area contributed by atoms with Crippen molar-refractivity contribution in [3.05, 3.63) is 35.9 Å². The topological polar surface area (TPSA) is 9.23 Å². The molecule has 0 N–H and O–H groups in total. The van der Waals surface area contributed by atoms with Crippen molar-refractivity contribution in [2.75, 3.05) is 13.2 Å². The van der Waals surface area contributed by atoms with E-state index in [1.54, 1.807) is 0 Å². The van der Waals surface area contributed by atoms with Crippen molar-refractivity contribution in [1.82, 2.24) is 0 Å². The second-order valence-corrected chi connectivity index (χ2v) is 5.42. The first-order valence-corrected chi connectivity index (χ1v) is 5.40. The molecule has 1 nitrogen and oxygen atoms in total. The van der Waals surface area contributed by atoms with Gasteiger partial charge in [-0.25, -0.2) is 0 Å². The molecule has 1 aromatic rings. The molecule has 0 aliphatic heterocycles. The first kappa shape index (κ1) is 12.1. The van der Waals surface area contributed by atoms with Crippen LogP contribution in [0.1, 0.15) is 5.56 Å². The number of hydrogen-bond donors (Lipinski definition) is 0. The predicted molar refractivity (Wildman–Crippen MR) is 61.3 cm³/mol. The van der Waals surface area contributed by atoms with E-state index in [9.17, 15) is 0 Å². The molecular formula is C10H11Cl3O. The fourth-order valence-electron chi connectivity index (χ4n) is 1.02. The quantitative estimate of drug-likeness (QED) is 0.588. The summed E-state index contributed by atoms with van der Waals surface area (Å²) in [4.78, 5) is 0. The van der Waals surface area contributed by atoms with E-state index in [4.69, 9.17) is 39.5 Å². The Bertz CT molecular complexity index is 256. The molecule has 0 aromatic heterocycles. The maximum Gasteiger partial charge on any atom is 0.213 e. The minimum atomic E-state index is -1.31. The lowest BCUT2D eigenvalue weighted by atomic mass is 10.2. The summed E-state index contributed by atoms with van der Waals surface area (Å²) in [5.41, 5.74) is 1.22. The van der Waals surface area contributed by atoms with Gasteiger partial charge < -0.3 is 4.74 Å². The third-order valence-electron chi connectivity index (χ3n) is 1.64.